The maximum atomic E-state index is 12.0. The summed E-state index contributed by atoms with van der Waals surface area (Å²) in [4.78, 5) is 10.8. The summed E-state index contributed by atoms with van der Waals surface area (Å²) in [6.07, 6.45) is 0. The zero-order valence-corrected chi connectivity index (χ0v) is 11.8. The molecule has 0 aliphatic rings. The van der Waals surface area contributed by atoms with Crippen molar-refractivity contribution >= 4 is 43.3 Å². The lowest BCUT2D eigenvalue weighted by Crippen LogP contribution is -2.40. The average Bonchev–Trinajstić information content (AvgIpc) is 2.62. The third-order valence-corrected chi connectivity index (χ3v) is 6.22. The van der Waals surface area contributed by atoms with Gasteiger partial charge in [-0.3, -0.25) is 4.79 Å². The Morgan fingerprint density at radius 3 is 2.50 bits per heavy atom. The Morgan fingerprint density at radius 2 is 2.12 bits per heavy atom. The van der Waals surface area contributed by atoms with Crippen molar-refractivity contribution in [2.45, 2.75) is 17.9 Å². The van der Waals surface area contributed by atoms with E-state index in [2.05, 4.69) is 15.9 Å². The van der Waals surface area contributed by atoms with Crippen molar-refractivity contribution in [1.29, 1.82) is 0 Å². The van der Waals surface area contributed by atoms with Crippen LogP contribution in [0, 0.1) is 0 Å². The summed E-state index contributed by atoms with van der Waals surface area (Å²) in [6.45, 7) is 1.32. The van der Waals surface area contributed by atoms with E-state index in [4.69, 9.17) is 5.11 Å². The largest absolute Gasteiger partial charge is 0.480 e. The van der Waals surface area contributed by atoms with Crippen LogP contribution >= 0.6 is 27.3 Å². The molecule has 1 unspecified atom stereocenters. The molecule has 0 saturated carbocycles. The molecule has 8 heteroatoms. The van der Waals surface area contributed by atoms with E-state index in [9.17, 15) is 13.2 Å². The Balaban J connectivity index is 3.13. The Bertz CT molecular complexity index is 496. The van der Waals surface area contributed by atoms with E-state index in [0.29, 0.717) is 4.47 Å². The van der Waals surface area contributed by atoms with Gasteiger partial charge in [-0.05, 0) is 22.9 Å². The fourth-order valence-electron chi connectivity index (χ4n) is 0.973. The van der Waals surface area contributed by atoms with Gasteiger partial charge in [0, 0.05) is 22.3 Å². The van der Waals surface area contributed by atoms with Crippen LogP contribution in [0.25, 0.3) is 0 Å². The number of aliphatic carboxylic acids is 1. The molecule has 0 fully saturated rings. The van der Waals surface area contributed by atoms with Crippen molar-refractivity contribution in [3.8, 4) is 0 Å². The molecule has 5 nitrogen and oxygen atoms in total. The van der Waals surface area contributed by atoms with Crippen molar-refractivity contribution in [3.05, 3.63) is 15.2 Å². The van der Waals surface area contributed by atoms with Crippen LogP contribution in [0.2, 0.25) is 0 Å². The summed E-state index contributed by atoms with van der Waals surface area (Å²) in [5.41, 5.74) is 0. The van der Waals surface area contributed by atoms with Gasteiger partial charge in [-0.15, -0.1) is 11.3 Å². The number of sulfonamides is 1. The predicted molar refractivity (Wildman–Crippen MR) is 64.1 cm³/mol. The number of rotatable bonds is 4. The van der Waals surface area contributed by atoms with Crippen LogP contribution in [0.1, 0.15) is 6.92 Å². The monoisotopic (exact) mass is 327 g/mol. The van der Waals surface area contributed by atoms with Gasteiger partial charge in [-0.2, -0.15) is 4.31 Å². The highest BCUT2D eigenvalue weighted by molar-refractivity contribution is 9.10. The summed E-state index contributed by atoms with van der Waals surface area (Å²) in [5, 5.41) is 11.9. The fourth-order valence-corrected chi connectivity index (χ4v) is 4.59. The number of hydrogen-bond donors (Lipinski definition) is 1. The first-order valence-electron chi connectivity index (χ1n) is 4.21. The first-order chi connectivity index (χ1) is 7.28. The van der Waals surface area contributed by atoms with Crippen LogP contribution in [0.4, 0.5) is 0 Å². The maximum absolute atomic E-state index is 12.0. The molecule has 0 aromatic carbocycles. The molecule has 0 aliphatic carbocycles. The van der Waals surface area contributed by atoms with E-state index in [1.165, 1.54) is 30.7 Å². The second-order valence-corrected chi connectivity index (χ2v) is 6.68. The maximum Gasteiger partial charge on any atom is 0.321 e. The molecule has 0 spiro atoms. The smallest absolute Gasteiger partial charge is 0.321 e. The molecule has 1 atom stereocenters. The summed E-state index contributed by atoms with van der Waals surface area (Å²) >= 11 is 4.34. The third-order valence-electron chi connectivity index (χ3n) is 2.14. The van der Waals surface area contributed by atoms with Gasteiger partial charge in [-0.1, -0.05) is 0 Å². The minimum absolute atomic E-state index is 0.0908. The number of carbonyl (C=O) groups is 1. The number of thiophene rings is 1. The molecule has 16 heavy (non-hydrogen) atoms. The summed E-state index contributed by atoms with van der Waals surface area (Å²) in [7, 11) is -2.51. The molecule has 0 aliphatic heterocycles. The van der Waals surface area contributed by atoms with Gasteiger partial charge < -0.3 is 5.11 Å². The van der Waals surface area contributed by atoms with Gasteiger partial charge in [0.15, 0.2) is 0 Å². The lowest BCUT2D eigenvalue weighted by atomic mass is 10.4. The van der Waals surface area contributed by atoms with Crippen molar-refractivity contribution in [3.63, 3.8) is 0 Å². The first kappa shape index (κ1) is 13.6. The van der Waals surface area contributed by atoms with Crippen LogP contribution in [0.3, 0.4) is 0 Å². The molecule has 0 amide bonds. The van der Waals surface area contributed by atoms with Crippen LogP contribution < -0.4 is 0 Å². The van der Waals surface area contributed by atoms with Crippen molar-refractivity contribution in [2.75, 3.05) is 7.05 Å². The van der Waals surface area contributed by atoms with E-state index >= 15 is 0 Å². The van der Waals surface area contributed by atoms with E-state index in [0.717, 1.165) is 4.31 Å². The van der Waals surface area contributed by atoms with Crippen LogP contribution in [-0.2, 0) is 14.8 Å². The predicted octanol–water partition coefficient (Wildman–Crippen LogP) is 1.60. The average molecular weight is 328 g/mol. The van der Waals surface area contributed by atoms with E-state index in [1.807, 2.05) is 0 Å². The number of nitrogens with zero attached hydrogens (tertiary/aromatic N) is 1. The molecule has 0 saturated heterocycles. The molecular weight excluding hydrogens is 318 g/mol. The van der Waals surface area contributed by atoms with Gasteiger partial charge in [0.25, 0.3) is 0 Å². The Hall–Kier alpha value is -0.440. The van der Waals surface area contributed by atoms with Gasteiger partial charge in [0.2, 0.25) is 10.0 Å². The molecule has 1 aromatic rings. The Labute approximate surface area is 106 Å². The topological polar surface area (TPSA) is 74.7 Å². The SMILES string of the molecule is CC(C(=O)O)N(C)S(=O)(=O)c1cscc1Br. The zero-order valence-electron chi connectivity index (χ0n) is 8.55. The normalized spacial score (nSPS) is 14.0. The molecule has 1 rings (SSSR count). The lowest BCUT2D eigenvalue weighted by Gasteiger charge is -2.20. The highest BCUT2D eigenvalue weighted by Crippen LogP contribution is 2.28. The summed E-state index contributed by atoms with van der Waals surface area (Å²) < 4.78 is 25.3. The van der Waals surface area contributed by atoms with Crippen LogP contribution in [0.15, 0.2) is 20.1 Å². The Kier molecular flexibility index (Phi) is 4.11. The van der Waals surface area contributed by atoms with Crippen LogP contribution in [0.5, 0.6) is 0 Å². The quantitative estimate of drug-likeness (QED) is 0.911. The number of carboxylic acid groups (broad SMARTS) is 1. The highest BCUT2D eigenvalue weighted by Gasteiger charge is 2.31. The van der Waals surface area contributed by atoms with Gasteiger partial charge in [-0.25, -0.2) is 8.42 Å². The minimum Gasteiger partial charge on any atom is -0.480 e. The Morgan fingerprint density at radius 1 is 1.56 bits per heavy atom. The zero-order chi connectivity index (χ0) is 12.5. The second kappa shape index (κ2) is 4.82. The third kappa shape index (κ3) is 2.45. The van der Waals surface area contributed by atoms with Crippen molar-refractivity contribution in [2.24, 2.45) is 0 Å². The fraction of sp³-hybridized carbons (Fsp3) is 0.375. The van der Waals surface area contributed by atoms with E-state index in [1.54, 1.807) is 5.38 Å². The molecule has 1 aromatic heterocycles. The number of likely N-dealkylation sites (N-methyl/N-ethyl adjacent to an activating group) is 1. The van der Waals surface area contributed by atoms with Gasteiger partial charge in [0.05, 0.1) is 0 Å². The minimum atomic E-state index is -3.75. The van der Waals surface area contributed by atoms with Crippen LogP contribution in [-0.4, -0.2) is 36.9 Å². The molecule has 1 N–H and O–H groups in total. The van der Waals surface area contributed by atoms with Crippen molar-refractivity contribution in [1.82, 2.24) is 4.31 Å². The first-order valence-corrected chi connectivity index (χ1v) is 7.38. The molecule has 1 heterocycles. The second-order valence-electron chi connectivity index (χ2n) is 3.12. The van der Waals surface area contributed by atoms with Crippen molar-refractivity contribution < 1.29 is 18.3 Å². The summed E-state index contributed by atoms with van der Waals surface area (Å²) in [5.74, 6) is -1.18. The van der Waals surface area contributed by atoms with E-state index in [-0.39, 0.29) is 4.90 Å². The number of hydrogen-bond acceptors (Lipinski definition) is 4. The standard InChI is InChI=1S/C8H10BrNO4S2/c1-5(8(11)12)10(2)16(13,14)7-4-15-3-6(7)9/h3-5H,1-2H3,(H,11,12). The molecule has 90 valence electrons. The summed E-state index contributed by atoms with van der Waals surface area (Å²) in [6, 6.07) is -1.10. The number of halogens is 1. The van der Waals surface area contributed by atoms with Gasteiger partial charge in [0.1, 0.15) is 10.9 Å². The molecular formula is C8H10BrNO4S2. The lowest BCUT2D eigenvalue weighted by molar-refractivity contribution is -0.140. The van der Waals surface area contributed by atoms with E-state index < -0.39 is 22.0 Å². The van der Waals surface area contributed by atoms with Gasteiger partial charge >= 0.3 is 5.97 Å². The molecule has 0 radical (unpaired) electrons. The number of carboxylic acids is 1. The highest BCUT2D eigenvalue weighted by atomic mass is 79.9. The molecule has 0 bridgehead atoms.